The Balaban J connectivity index is 1.25. The molecule has 1 N–H and O–H groups in total. The van der Waals surface area contributed by atoms with Crippen LogP contribution in [0.4, 0.5) is 0 Å². The molecular weight excluding hydrogens is 370 g/mol. The first kappa shape index (κ1) is 19.0. The van der Waals surface area contributed by atoms with Crippen molar-refractivity contribution in [2.45, 2.75) is 19.3 Å². The molecule has 0 saturated heterocycles. The van der Waals surface area contributed by atoms with Crippen LogP contribution in [-0.4, -0.2) is 41.0 Å². The lowest BCUT2D eigenvalue weighted by Crippen LogP contribution is -2.26. The van der Waals surface area contributed by atoms with Gasteiger partial charge in [-0.05, 0) is 30.3 Å². The summed E-state index contributed by atoms with van der Waals surface area (Å²) in [5.74, 6) is 1.91. The average Bonchev–Trinajstić information content (AvgIpc) is 3.07. The van der Waals surface area contributed by atoms with Crippen LogP contribution >= 0.6 is 0 Å². The quantitative estimate of drug-likeness (QED) is 0.624. The number of amides is 1. The van der Waals surface area contributed by atoms with E-state index in [-0.39, 0.29) is 24.5 Å². The van der Waals surface area contributed by atoms with Gasteiger partial charge in [0.25, 0.3) is 0 Å². The molecule has 1 aromatic heterocycles. The van der Waals surface area contributed by atoms with Gasteiger partial charge in [0, 0.05) is 38.4 Å². The number of fused-ring (bicyclic) bond motifs is 2. The highest BCUT2D eigenvalue weighted by atomic mass is 16.6. The molecule has 0 unspecified atom stereocenters. The number of Topliss-reactive ketones (excluding diaryl/α,β-unsaturated/α-hetero) is 1. The molecule has 150 valence electrons. The molecule has 0 spiro atoms. The van der Waals surface area contributed by atoms with Gasteiger partial charge < -0.3 is 19.4 Å². The molecule has 0 radical (unpaired) electrons. The monoisotopic (exact) mass is 393 g/mol. The van der Waals surface area contributed by atoms with E-state index in [4.69, 9.17) is 9.47 Å². The number of benzene rings is 2. The van der Waals surface area contributed by atoms with Crippen LogP contribution in [0.2, 0.25) is 0 Å². The summed E-state index contributed by atoms with van der Waals surface area (Å²) >= 11 is 0. The molecular formula is C22H23N3O4. The highest BCUT2D eigenvalue weighted by molar-refractivity contribution is 5.98. The summed E-state index contributed by atoms with van der Waals surface area (Å²) < 4.78 is 13.0. The van der Waals surface area contributed by atoms with Gasteiger partial charge in [-0.1, -0.05) is 12.1 Å². The number of nitrogens with zero attached hydrogens (tertiary/aromatic N) is 2. The molecule has 2 aromatic carbocycles. The number of carbonyl (C=O) groups excluding carboxylic acids is 2. The fourth-order valence-electron chi connectivity index (χ4n) is 3.41. The molecule has 4 rings (SSSR count). The lowest BCUT2D eigenvalue weighted by molar-refractivity contribution is -0.121. The minimum absolute atomic E-state index is 0.0903. The Bertz CT molecular complexity index is 1060. The van der Waals surface area contributed by atoms with E-state index >= 15 is 0 Å². The molecule has 0 aliphatic carbocycles. The third kappa shape index (κ3) is 4.23. The second kappa shape index (κ2) is 8.34. The van der Waals surface area contributed by atoms with Gasteiger partial charge in [-0.15, -0.1) is 0 Å². The molecule has 2 heterocycles. The maximum absolute atomic E-state index is 12.4. The Morgan fingerprint density at radius 2 is 1.86 bits per heavy atom. The maximum Gasteiger partial charge on any atom is 0.220 e. The lowest BCUT2D eigenvalue weighted by atomic mass is 10.1. The average molecular weight is 393 g/mol. The number of carbonyl (C=O) groups is 2. The summed E-state index contributed by atoms with van der Waals surface area (Å²) in [6.07, 6.45) is 0.931. The van der Waals surface area contributed by atoms with Gasteiger partial charge in [-0.3, -0.25) is 9.59 Å². The summed E-state index contributed by atoms with van der Waals surface area (Å²) in [5, 5.41) is 2.87. The molecule has 3 aromatic rings. The van der Waals surface area contributed by atoms with E-state index in [0.29, 0.717) is 43.2 Å². The van der Waals surface area contributed by atoms with Crippen LogP contribution in [0.25, 0.3) is 11.0 Å². The van der Waals surface area contributed by atoms with Crippen molar-refractivity contribution < 1.29 is 19.1 Å². The number of ketones is 1. The van der Waals surface area contributed by atoms with Crippen LogP contribution in [0, 0.1) is 0 Å². The lowest BCUT2D eigenvalue weighted by Gasteiger charge is -2.18. The van der Waals surface area contributed by atoms with Gasteiger partial charge in [0.2, 0.25) is 5.91 Å². The minimum Gasteiger partial charge on any atom is -0.486 e. The molecule has 1 aliphatic rings. The van der Waals surface area contributed by atoms with Gasteiger partial charge in [0.1, 0.15) is 19.0 Å². The van der Waals surface area contributed by atoms with Gasteiger partial charge in [-0.2, -0.15) is 0 Å². The van der Waals surface area contributed by atoms with Gasteiger partial charge >= 0.3 is 0 Å². The zero-order valence-corrected chi connectivity index (χ0v) is 16.3. The van der Waals surface area contributed by atoms with Crippen LogP contribution in [0.1, 0.15) is 29.0 Å². The Hall–Kier alpha value is -3.35. The van der Waals surface area contributed by atoms with Crippen molar-refractivity contribution in [1.29, 1.82) is 0 Å². The van der Waals surface area contributed by atoms with Crippen LogP contribution in [0.3, 0.4) is 0 Å². The van der Waals surface area contributed by atoms with E-state index in [1.54, 1.807) is 18.2 Å². The standard InChI is InChI=1S/C22H23N3O4/c1-25-17-5-3-2-4-16(17)24-21(25)10-11-23-22(27)9-7-18(26)15-6-8-19-20(14-15)29-13-12-28-19/h2-6,8,14H,7,9-13H2,1H3,(H,23,27). The third-order valence-electron chi connectivity index (χ3n) is 4.99. The summed E-state index contributed by atoms with van der Waals surface area (Å²) in [6.45, 7) is 1.46. The predicted molar refractivity (Wildman–Crippen MR) is 108 cm³/mol. The van der Waals surface area contributed by atoms with Crippen LogP contribution in [-0.2, 0) is 18.3 Å². The van der Waals surface area contributed by atoms with E-state index < -0.39 is 0 Å². The Kier molecular flexibility index (Phi) is 5.46. The van der Waals surface area contributed by atoms with E-state index in [9.17, 15) is 9.59 Å². The zero-order chi connectivity index (χ0) is 20.2. The maximum atomic E-state index is 12.4. The molecule has 0 fully saturated rings. The molecule has 0 bridgehead atoms. The topological polar surface area (TPSA) is 82.5 Å². The van der Waals surface area contributed by atoms with Crippen molar-refractivity contribution in [3.63, 3.8) is 0 Å². The van der Waals surface area contributed by atoms with Gasteiger partial charge in [-0.25, -0.2) is 4.98 Å². The zero-order valence-electron chi connectivity index (χ0n) is 16.3. The van der Waals surface area contributed by atoms with Crippen molar-refractivity contribution >= 4 is 22.7 Å². The fourth-order valence-corrected chi connectivity index (χ4v) is 3.41. The number of ether oxygens (including phenoxy) is 2. The summed E-state index contributed by atoms with van der Waals surface area (Å²) in [7, 11) is 1.97. The van der Waals surface area contributed by atoms with Gasteiger partial charge in [0.15, 0.2) is 17.3 Å². The highest BCUT2D eigenvalue weighted by Crippen LogP contribution is 2.31. The number of nitrogens with one attached hydrogen (secondary N) is 1. The number of aryl methyl sites for hydroxylation is 1. The number of hydrogen-bond donors (Lipinski definition) is 1. The SMILES string of the molecule is Cn1c(CCNC(=O)CCC(=O)c2ccc3c(c2)OCCO3)nc2ccccc21. The largest absolute Gasteiger partial charge is 0.486 e. The van der Waals surface area contributed by atoms with E-state index in [0.717, 1.165) is 16.9 Å². The Labute approximate surface area is 168 Å². The smallest absolute Gasteiger partial charge is 0.220 e. The minimum atomic E-state index is -0.144. The van der Waals surface area contributed by atoms with Crippen molar-refractivity contribution in [2.24, 2.45) is 7.05 Å². The Morgan fingerprint density at radius 1 is 1.07 bits per heavy atom. The highest BCUT2D eigenvalue weighted by Gasteiger charge is 2.16. The first-order valence-electron chi connectivity index (χ1n) is 9.72. The molecule has 29 heavy (non-hydrogen) atoms. The second-order valence-corrected chi connectivity index (χ2v) is 6.96. The molecule has 0 saturated carbocycles. The summed E-state index contributed by atoms with van der Waals surface area (Å²) in [5.41, 5.74) is 2.54. The van der Waals surface area contributed by atoms with Crippen molar-refractivity contribution in [3.8, 4) is 11.5 Å². The van der Waals surface area contributed by atoms with Crippen LogP contribution in [0.5, 0.6) is 11.5 Å². The second-order valence-electron chi connectivity index (χ2n) is 6.96. The van der Waals surface area contributed by atoms with Crippen molar-refractivity contribution in [3.05, 3.63) is 53.9 Å². The van der Waals surface area contributed by atoms with Crippen LogP contribution < -0.4 is 14.8 Å². The summed E-state index contributed by atoms with van der Waals surface area (Å²) in [6, 6.07) is 13.1. The Morgan fingerprint density at radius 3 is 2.69 bits per heavy atom. The van der Waals surface area contributed by atoms with Crippen LogP contribution in [0.15, 0.2) is 42.5 Å². The van der Waals surface area contributed by atoms with Crippen molar-refractivity contribution in [1.82, 2.24) is 14.9 Å². The van der Waals surface area contributed by atoms with E-state index in [1.165, 1.54) is 0 Å². The summed E-state index contributed by atoms with van der Waals surface area (Å²) in [4.78, 5) is 29.1. The third-order valence-corrected chi connectivity index (χ3v) is 4.99. The number of rotatable bonds is 7. The predicted octanol–water partition coefficient (Wildman–Crippen LogP) is 2.67. The molecule has 7 heteroatoms. The molecule has 0 atom stereocenters. The van der Waals surface area contributed by atoms with Crippen molar-refractivity contribution in [2.75, 3.05) is 19.8 Å². The fraction of sp³-hybridized carbons (Fsp3) is 0.318. The molecule has 7 nitrogen and oxygen atoms in total. The molecule has 1 amide bonds. The normalized spacial score (nSPS) is 12.7. The number of imidazole rings is 1. The van der Waals surface area contributed by atoms with E-state index in [1.807, 2.05) is 35.9 Å². The number of para-hydroxylation sites is 2. The van der Waals surface area contributed by atoms with E-state index in [2.05, 4.69) is 10.3 Å². The number of hydrogen-bond acceptors (Lipinski definition) is 5. The molecule has 1 aliphatic heterocycles. The first-order chi connectivity index (χ1) is 14.1. The number of aromatic nitrogens is 2. The van der Waals surface area contributed by atoms with Gasteiger partial charge in [0.05, 0.1) is 11.0 Å². The first-order valence-corrected chi connectivity index (χ1v) is 9.72.